The Kier molecular flexibility index (Phi) is 4.86. The zero-order chi connectivity index (χ0) is 19.8. The number of benzene rings is 2. The summed E-state index contributed by atoms with van der Waals surface area (Å²) in [7, 11) is 1.54. The van der Waals surface area contributed by atoms with E-state index in [1.165, 1.54) is 10.8 Å². The molecule has 4 aromatic rings. The lowest BCUT2D eigenvalue weighted by Gasteiger charge is -2.14. The SMILES string of the molecule is COc1ccc(Sc2c(-c3c(F)cc(F)cc3F)c(Cl)nc3ncnn23)cc1. The first-order chi connectivity index (χ1) is 13.5. The summed E-state index contributed by atoms with van der Waals surface area (Å²) in [5.74, 6) is -2.42. The minimum absolute atomic E-state index is 0.0458. The van der Waals surface area contributed by atoms with Crippen molar-refractivity contribution in [3.63, 3.8) is 0 Å². The Balaban J connectivity index is 1.96. The second-order valence-corrected chi connectivity index (χ2v) is 7.00. The van der Waals surface area contributed by atoms with Crippen molar-refractivity contribution >= 4 is 29.1 Å². The van der Waals surface area contributed by atoms with Crippen LogP contribution in [0.4, 0.5) is 13.2 Å². The predicted molar refractivity (Wildman–Crippen MR) is 98.2 cm³/mol. The van der Waals surface area contributed by atoms with E-state index in [0.717, 1.165) is 16.7 Å². The van der Waals surface area contributed by atoms with Crippen molar-refractivity contribution < 1.29 is 17.9 Å². The summed E-state index contributed by atoms with van der Waals surface area (Å²) in [6, 6.07) is 8.18. The van der Waals surface area contributed by atoms with Crippen LogP contribution in [-0.4, -0.2) is 26.7 Å². The van der Waals surface area contributed by atoms with Crippen molar-refractivity contribution in [2.24, 2.45) is 0 Å². The summed E-state index contributed by atoms with van der Waals surface area (Å²) >= 11 is 7.40. The maximum atomic E-state index is 14.5. The van der Waals surface area contributed by atoms with Crippen LogP contribution in [0.3, 0.4) is 0 Å². The Labute approximate surface area is 166 Å². The van der Waals surface area contributed by atoms with Gasteiger partial charge in [-0.3, -0.25) is 0 Å². The van der Waals surface area contributed by atoms with Crippen molar-refractivity contribution in [2.45, 2.75) is 9.92 Å². The quantitative estimate of drug-likeness (QED) is 0.432. The lowest BCUT2D eigenvalue weighted by Crippen LogP contribution is -2.03. The normalized spacial score (nSPS) is 11.2. The van der Waals surface area contributed by atoms with Crippen LogP contribution in [0.2, 0.25) is 5.15 Å². The van der Waals surface area contributed by atoms with Crippen LogP contribution in [0.15, 0.2) is 52.6 Å². The van der Waals surface area contributed by atoms with Gasteiger partial charge in [-0.25, -0.2) is 13.2 Å². The van der Waals surface area contributed by atoms with Gasteiger partial charge in [0, 0.05) is 17.0 Å². The fourth-order valence-corrected chi connectivity index (χ4v) is 3.96. The van der Waals surface area contributed by atoms with E-state index >= 15 is 0 Å². The van der Waals surface area contributed by atoms with Crippen LogP contribution < -0.4 is 4.74 Å². The molecule has 2 heterocycles. The van der Waals surface area contributed by atoms with Crippen LogP contribution >= 0.6 is 23.4 Å². The highest BCUT2D eigenvalue weighted by Gasteiger charge is 2.24. The molecule has 2 aromatic carbocycles. The van der Waals surface area contributed by atoms with Gasteiger partial charge in [-0.05, 0) is 24.3 Å². The standard InChI is InChI=1S/C18H10ClF3N4OS/c1-27-10-2-4-11(5-3-10)28-17-15(14-12(21)6-9(20)7-13(14)22)16(19)25-18-23-8-24-26(17)18/h2-8H,1H3. The average Bonchev–Trinajstić information content (AvgIpc) is 3.12. The molecule has 28 heavy (non-hydrogen) atoms. The number of hydrogen-bond acceptors (Lipinski definition) is 5. The number of aromatic nitrogens is 4. The van der Waals surface area contributed by atoms with Gasteiger partial charge in [0.2, 0.25) is 0 Å². The molecule has 0 spiro atoms. The second-order valence-electron chi connectivity index (χ2n) is 5.58. The molecule has 5 nitrogen and oxygen atoms in total. The summed E-state index contributed by atoms with van der Waals surface area (Å²) in [5, 5.41) is 4.17. The van der Waals surface area contributed by atoms with E-state index in [2.05, 4.69) is 15.1 Å². The second kappa shape index (κ2) is 7.33. The number of ether oxygens (including phenoxy) is 1. The third-order valence-electron chi connectivity index (χ3n) is 3.87. The van der Waals surface area contributed by atoms with Gasteiger partial charge in [0.25, 0.3) is 5.78 Å². The first-order valence-electron chi connectivity index (χ1n) is 7.84. The van der Waals surface area contributed by atoms with E-state index in [1.54, 1.807) is 31.4 Å². The monoisotopic (exact) mass is 422 g/mol. The molecule has 4 rings (SSSR count). The van der Waals surface area contributed by atoms with E-state index in [1.807, 2.05) is 0 Å². The van der Waals surface area contributed by atoms with Crippen LogP contribution in [0.5, 0.6) is 5.75 Å². The number of rotatable bonds is 4. The van der Waals surface area contributed by atoms with Gasteiger partial charge >= 0.3 is 0 Å². The Hall–Kier alpha value is -2.78. The lowest BCUT2D eigenvalue weighted by atomic mass is 10.1. The molecular weight excluding hydrogens is 413 g/mol. The van der Waals surface area contributed by atoms with Gasteiger partial charge in [-0.2, -0.15) is 19.6 Å². The predicted octanol–water partition coefficient (Wildman–Crippen LogP) is 5.02. The summed E-state index contributed by atoms with van der Waals surface area (Å²) in [6.45, 7) is 0. The molecule has 0 N–H and O–H groups in total. The van der Waals surface area contributed by atoms with Crippen molar-refractivity contribution in [2.75, 3.05) is 7.11 Å². The van der Waals surface area contributed by atoms with Crippen molar-refractivity contribution in [1.29, 1.82) is 0 Å². The Morgan fingerprint density at radius 3 is 2.36 bits per heavy atom. The molecule has 2 aromatic heterocycles. The summed E-state index contributed by atoms with van der Waals surface area (Å²) < 4.78 is 48.8. The van der Waals surface area contributed by atoms with E-state index < -0.39 is 23.0 Å². The molecule has 0 bridgehead atoms. The lowest BCUT2D eigenvalue weighted by molar-refractivity contribution is 0.414. The molecule has 0 unspecified atom stereocenters. The number of halogens is 4. The molecule has 0 aliphatic heterocycles. The zero-order valence-corrected chi connectivity index (χ0v) is 15.7. The van der Waals surface area contributed by atoms with Crippen LogP contribution in [-0.2, 0) is 0 Å². The third kappa shape index (κ3) is 3.27. The average molecular weight is 423 g/mol. The fourth-order valence-electron chi connectivity index (χ4n) is 2.63. The molecule has 0 fully saturated rings. The van der Waals surface area contributed by atoms with E-state index in [0.29, 0.717) is 17.9 Å². The number of methoxy groups -OCH3 is 1. The number of nitrogens with zero attached hydrogens (tertiary/aromatic N) is 4. The Morgan fingerprint density at radius 2 is 1.71 bits per heavy atom. The van der Waals surface area contributed by atoms with E-state index in [9.17, 15) is 13.2 Å². The molecular formula is C18H10ClF3N4OS. The smallest absolute Gasteiger partial charge is 0.254 e. The van der Waals surface area contributed by atoms with Gasteiger partial charge in [-0.1, -0.05) is 23.4 Å². The molecule has 0 saturated carbocycles. The molecule has 0 amide bonds. The van der Waals surface area contributed by atoms with Crippen molar-refractivity contribution in [3.05, 3.63) is 65.3 Å². The molecule has 0 radical (unpaired) electrons. The van der Waals surface area contributed by atoms with Crippen molar-refractivity contribution in [3.8, 4) is 16.9 Å². The van der Waals surface area contributed by atoms with Crippen LogP contribution in [0.1, 0.15) is 0 Å². The topological polar surface area (TPSA) is 52.3 Å². The number of fused-ring (bicyclic) bond motifs is 1. The first kappa shape index (κ1) is 18.6. The van der Waals surface area contributed by atoms with E-state index in [4.69, 9.17) is 16.3 Å². The molecule has 10 heteroatoms. The Morgan fingerprint density at radius 1 is 1.04 bits per heavy atom. The summed E-state index contributed by atoms with van der Waals surface area (Å²) in [5.41, 5.74) is -0.539. The third-order valence-corrected chi connectivity index (χ3v) is 5.22. The molecule has 0 aliphatic rings. The zero-order valence-electron chi connectivity index (χ0n) is 14.2. The highest BCUT2D eigenvalue weighted by Crippen LogP contribution is 2.41. The van der Waals surface area contributed by atoms with Crippen LogP contribution in [0, 0.1) is 17.5 Å². The molecule has 142 valence electrons. The van der Waals surface area contributed by atoms with Crippen molar-refractivity contribution in [1.82, 2.24) is 19.6 Å². The minimum atomic E-state index is -1.10. The largest absolute Gasteiger partial charge is 0.497 e. The molecule has 0 saturated heterocycles. The highest BCUT2D eigenvalue weighted by molar-refractivity contribution is 7.99. The fraction of sp³-hybridized carbons (Fsp3) is 0.0556. The first-order valence-corrected chi connectivity index (χ1v) is 9.03. The molecule has 0 atom stereocenters. The van der Waals surface area contributed by atoms with Gasteiger partial charge in [0.15, 0.2) is 0 Å². The number of hydrogen-bond donors (Lipinski definition) is 0. The minimum Gasteiger partial charge on any atom is -0.497 e. The van der Waals surface area contributed by atoms with Gasteiger partial charge < -0.3 is 4.74 Å². The van der Waals surface area contributed by atoms with E-state index in [-0.39, 0.29) is 21.5 Å². The molecule has 0 aliphatic carbocycles. The maximum Gasteiger partial charge on any atom is 0.254 e. The Bertz CT molecular complexity index is 1160. The summed E-state index contributed by atoms with van der Waals surface area (Å²) in [6.07, 6.45) is 1.25. The highest BCUT2D eigenvalue weighted by atomic mass is 35.5. The van der Waals surface area contributed by atoms with Gasteiger partial charge in [-0.15, -0.1) is 0 Å². The maximum absolute atomic E-state index is 14.5. The van der Waals surface area contributed by atoms with Gasteiger partial charge in [0.05, 0.1) is 18.2 Å². The van der Waals surface area contributed by atoms with Gasteiger partial charge in [0.1, 0.15) is 39.7 Å². The summed E-state index contributed by atoms with van der Waals surface area (Å²) in [4.78, 5) is 8.75. The van der Waals surface area contributed by atoms with Crippen LogP contribution in [0.25, 0.3) is 16.9 Å².